The van der Waals surface area contributed by atoms with E-state index in [2.05, 4.69) is 19.9 Å². The van der Waals surface area contributed by atoms with E-state index in [4.69, 9.17) is 14.2 Å². The predicted molar refractivity (Wildman–Crippen MR) is 96.8 cm³/mol. The molecule has 134 valence electrons. The highest BCUT2D eigenvalue weighted by molar-refractivity contribution is 5.53. The minimum Gasteiger partial charge on any atom is -0.493 e. The first kappa shape index (κ1) is 17.6. The number of rotatable bonds is 6. The monoisotopic (exact) mass is 352 g/mol. The molecule has 2 aromatic heterocycles. The van der Waals surface area contributed by atoms with Crippen molar-refractivity contribution in [1.82, 2.24) is 19.9 Å². The van der Waals surface area contributed by atoms with Gasteiger partial charge in [-0.3, -0.25) is 0 Å². The van der Waals surface area contributed by atoms with Crippen molar-refractivity contribution in [2.75, 3.05) is 14.2 Å². The first-order chi connectivity index (χ1) is 12.6. The third-order valence-corrected chi connectivity index (χ3v) is 3.65. The summed E-state index contributed by atoms with van der Waals surface area (Å²) in [6, 6.07) is 9.12. The van der Waals surface area contributed by atoms with E-state index in [0.717, 1.165) is 0 Å². The van der Waals surface area contributed by atoms with Gasteiger partial charge in [0.2, 0.25) is 11.6 Å². The van der Waals surface area contributed by atoms with E-state index < -0.39 is 0 Å². The van der Waals surface area contributed by atoms with Gasteiger partial charge in [-0.1, -0.05) is 26.0 Å². The molecule has 7 heteroatoms. The number of aromatic nitrogens is 4. The van der Waals surface area contributed by atoms with Crippen LogP contribution in [0.25, 0.3) is 11.6 Å². The number of ether oxygens (including phenoxy) is 3. The van der Waals surface area contributed by atoms with E-state index in [1.807, 2.05) is 38.1 Å². The second kappa shape index (κ2) is 7.77. The lowest BCUT2D eigenvalue weighted by Gasteiger charge is -2.17. The Morgan fingerprint density at radius 1 is 0.808 bits per heavy atom. The Balaban J connectivity index is 2.12. The second-order valence-corrected chi connectivity index (χ2v) is 5.75. The van der Waals surface area contributed by atoms with Crippen LogP contribution in [-0.4, -0.2) is 34.2 Å². The summed E-state index contributed by atoms with van der Waals surface area (Å²) in [4.78, 5) is 17.5. The predicted octanol–water partition coefficient (Wildman–Crippen LogP) is 3.87. The Labute approximate surface area is 152 Å². The van der Waals surface area contributed by atoms with E-state index in [-0.39, 0.29) is 5.92 Å². The van der Waals surface area contributed by atoms with Crippen LogP contribution >= 0.6 is 0 Å². The minimum absolute atomic E-state index is 0.0686. The summed E-state index contributed by atoms with van der Waals surface area (Å²) in [6.45, 7) is 4.04. The molecule has 0 bridgehead atoms. The van der Waals surface area contributed by atoms with Gasteiger partial charge in [0.25, 0.3) is 5.88 Å². The number of methoxy groups -OCH3 is 2. The molecule has 26 heavy (non-hydrogen) atoms. The van der Waals surface area contributed by atoms with Gasteiger partial charge < -0.3 is 14.2 Å². The van der Waals surface area contributed by atoms with Crippen molar-refractivity contribution in [3.8, 4) is 34.8 Å². The molecule has 0 aliphatic heterocycles. The van der Waals surface area contributed by atoms with Crippen molar-refractivity contribution >= 4 is 0 Å². The van der Waals surface area contributed by atoms with Crippen LogP contribution in [0.1, 0.15) is 25.5 Å². The minimum atomic E-state index is 0.0686. The van der Waals surface area contributed by atoms with Gasteiger partial charge in [0.15, 0.2) is 17.3 Å². The van der Waals surface area contributed by atoms with Crippen molar-refractivity contribution in [1.29, 1.82) is 0 Å². The highest BCUT2D eigenvalue weighted by Gasteiger charge is 2.22. The van der Waals surface area contributed by atoms with Gasteiger partial charge in [0, 0.05) is 12.4 Å². The van der Waals surface area contributed by atoms with Gasteiger partial charge in [-0.15, -0.1) is 0 Å². The molecule has 0 aliphatic carbocycles. The Morgan fingerprint density at radius 3 is 2.12 bits per heavy atom. The highest BCUT2D eigenvalue weighted by Crippen LogP contribution is 2.40. The molecule has 0 spiro atoms. The summed E-state index contributed by atoms with van der Waals surface area (Å²) in [5.41, 5.74) is 0.699. The van der Waals surface area contributed by atoms with E-state index in [9.17, 15) is 0 Å². The molecular weight excluding hydrogens is 332 g/mol. The molecule has 0 saturated carbocycles. The molecular formula is C19H20N4O3. The second-order valence-electron chi connectivity index (χ2n) is 5.75. The zero-order valence-corrected chi connectivity index (χ0v) is 15.1. The van der Waals surface area contributed by atoms with Crippen LogP contribution in [0.15, 0.2) is 42.7 Å². The van der Waals surface area contributed by atoms with Crippen molar-refractivity contribution in [3.63, 3.8) is 0 Å². The number of hydrogen-bond donors (Lipinski definition) is 0. The molecule has 1 aromatic carbocycles. The molecule has 0 saturated heterocycles. The van der Waals surface area contributed by atoms with Gasteiger partial charge in [-0.05, 0) is 24.1 Å². The third kappa shape index (κ3) is 3.56. The zero-order chi connectivity index (χ0) is 18.5. The van der Waals surface area contributed by atoms with Gasteiger partial charge in [0.1, 0.15) is 0 Å². The fraction of sp³-hybridized carbons (Fsp3) is 0.263. The molecule has 7 nitrogen and oxygen atoms in total. The fourth-order valence-corrected chi connectivity index (χ4v) is 2.40. The maximum atomic E-state index is 6.09. The summed E-state index contributed by atoms with van der Waals surface area (Å²) in [5, 5.41) is 0. The van der Waals surface area contributed by atoms with Gasteiger partial charge >= 0.3 is 0 Å². The van der Waals surface area contributed by atoms with Crippen LogP contribution in [-0.2, 0) is 0 Å². The zero-order valence-electron chi connectivity index (χ0n) is 15.1. The van der Waals surface area contributed by atoms with Crippen molar-refractivity contribution in [2.45, 2.75) is 19.8 Å². The lowest BCUT2D eigenvalue weighted by molar-refractivity contribution is 0.342. The van der Waals surface area contributed by atoms with Crippen LogP contribution in [0, 0.1) is 0 Å². The van der Waals surface area contributed by atoms with Crippen molar-refractivity contribution in [3.05, 3.63) is 48.4 Å². The maximum Gasteiger partial charge on any atom is 0.261 e. The maximum absolute atomic E-state index is 6.09. The molecule has 0 amide bonds. The summed E-state index contributed by atoms with van der Waals surface area (Å²) >= 11 is 0. The molecule has 0 N–H and O–H groups in total. The van der Waals surface area contributed by atoms with Crippen LogP contribution in [0.5, 0.6) is 23.1 Å². The van der Waals surface area contributed by atoms with E-state index in [1.54, 1.807) is 25.6 Å². The molecule has 0 unspecified atom stereocenters. The number of nitrogens with zero attached hydrogens (tertiary/aromatic N) is 4. The van der Waals surface area contributed by atoms with Crippen LogP contribution < -0.4 is 14.2 Å². The first-order valence-corrected chi connectivity index (χ1v) is 8.18. The Bertz CT molecular complexity index is 885. The first-order valence-electron chi connectivity index (χ1n) is 8.18. The topological polar surface area (TPSA) is 79.2 Å². The van der Waals surface area contributed by atoms with E-state index >= 15 is 0 Å². The van der Waals surface area contributed by atoms with Crippen LogP contribution in [0.4, 0.5) is 0 Å². The van der Waals surface area contributed by atoms with Gasteiger partial charge in [-0.2, -0.15) is 4.98 Å². The average molecular weight is 352 g/mol. The SMILES string of the molecule is COc1ccccc1Oc1c(OC)nc(-c2ncccn2)nc1C(C)C. The quantitative estimate of drug-likeness (QED) is 0.666. The summed E-state index contributed by atoms with van der Waals surface area (Å²) in [7, 11) is 3.13. The van der Waals surface area contributed by atoms with Crippen molar-refractivity contribution in [2.24, 2.45) is 0 Å². The number of para-hydroxylation sites is 2. The fourth-order valence-electron chi connectivity index (χ4n) is 2.40. The smallest absolute Gasteiger partial charge is 0.261 e. The molecule has 2 heterocycles. The number of benzene rings is 1. The summed E-state index contributed by atoms with van der Waals surface area (Å²) in [5.74, 6) is 2.82. The molecule has 3 aromatic rings. The largest absolute Gasteiger partial charge is 0.493 e. The summed E-state index contributed by atoms with van der Waals surface area (Å²) in [6.07, 6.45) is 3.29. The lowest BCUT2D eigenvalue weighted by Crippen LogP contribution is -2.06. The lowest BCUT2D eigenvalue weighted by atomic mass is 10.1. The molecule has 0 fully saturated rings. The van der Waals surface area contributed by atoms with Gasteiger partial charge in [-0.25, -0.2) is 15.0 Å². The van der Waals surface area contributed by atoms with Crippen molar-refractivity contribution < 1.29 is 14.2 Å². The van der Waals surface area contributed by atoms with E-state index in [1.165, 1.54) is 7.11 Å². The molecule has 0 aliphatic rings. The van der Waals surface area contributed by atoms with Crippen LogP contribution in [0.3, 0.4) is 0 Å². The van der Waals surface area contributed by atoms with E-state index in [0.29, 0.717) is 40.5 Å². The Morgan fingerprint density at radius 2 is 1.50 bits per heavy atom. The molecule has 0 atom stereocenters. The third-order valence-electron chi connectivity index (χ3n) is 3.65. The van der Waals surface area contributed by atoms with Crippen LogP contribution in [0.2, 0.25) is 0 Å². The van der Waals surface area contributed by atoms with Gasteiger partial charge in [0.05, 0.1) is 19.9 Å². The standard InChI is InChI=1S/C19H20N4O3/c1-12(2)15-16(26-14-9-6-5-8-13(14)24-3)19(25-4)23-18(22-15)17-20-10-7-11-21-17/h5-12H,1-4H3. The Hall–Kier alpha value is -3.22. The number of hydrogen-bond acceptors (Lipinski definition) is 7. The molecule has 3 rings (SSSR count). The average Bonchev–Trinajstić information content (AvgIpc) is 2.68. The highest BCUT2D eigenvalue weighted by atomic mass is 16.5. The normalized spacial score (nSPS) is 10.7. The molecule has 0 radical (unpaired) electrons. The Kier molecular flexibility index (Phi) is 5.26. The summed E-state index contributed by atoms with van der Waals surface area (Å²) < 4.78 is 16.9.